The molecule has 0 radical (unpaired) electrons. The Morgan fingerprint density at radius 3 is 2.14 bits per heavy atom. The van der Waals surface area contributed by atoms with Gasteiger partial charge in [0.2, 0.25) is 0 Å². The van der Waals surface area contributed by atoms with Crippen LogP contribution in [0.1, 0.15) is 47.0 Å². The minimum atomic E-state index is -0.297. The fourth-order valence-electron chi connectivity index (χ4n) is 1.00. The van der Waals surface area contributed by atoms with Crippen molar-refractivity contribution >= 4 is 11.8 Å². The quantitative estimate of drug-likeness (QED) is 0.640. The summed E-state index contributed by atoms with van der Waals surface area (Å²) in [4.78, 5) is 22.4. The van der Waals surface area contributed by atoms with Crippen LogP contribution in [0.15, 0.2) is 0 Å². The summed E-state index contributed by atoms with van der Waals surface area (Å²) >= 11 is 0. The van der Waals surface area contributed by atoms with Crippen molar-refractivity contribution in [2.45, 2.75) is 47.0 Å². The molecular weight excluding hydrogens is 180 g/mol. The Labute approximate surface area is 85.8 Å². The van der Waals surface area contributed by atoms with Crippen molar-refractivity contribution in [1.82, 2.24) is 0 Å². The second-order valence-corrected chi connectivity index (χ2v) is 4.33. The average Bonchev–Trinajstić information content (AvgIpc) is 2.02. The molecule has 82 valence electrons. The largest absolute Gasteiger partial charge is 0.466 e. The molecule has 0 saturated heterocycles. The predicted octanol–water partition coefficient (Wildman–Crippen LogP) is 2.33. The summed E-state index contributed by atoms with van der Waals surface area (Å²) in [6.45, 7) is 7.85. The number of ether oxygens (including phenoxy) is 1. The van der Waals surface area contributed by atoms with E-state index in [0.29, 0.717) is 25.9 Å². The third-order valence-electron chi connectivity index (χ3n) is 1.93. The molecule has 0 amide bonds. The zero-order valence-electron chi connectivity index (χ0n) is 9.55. The smallest absolute Gasteiger partial charge is 0.305 e. The van der Waals surface area contributed by atoms with E-state index in [1.807, 2.05) is 20.8 Å². The van der Waals surface area contributed by atoms with Gasteiger partial charge >= 0.3 is 5.97 Å². The molecule has 0 atom stereocenters. The fraction of sp³-hybridized carbons (Fsp3) is 0.818. The zero-order chi connectivity index (χ0) is 11.2. The Bertz CT molecular complexity index is 201. The lowest BCUT2D eigenvalue weighted by molar-refractivity contribution is -0.143. The summed E-state index contributed by atoms with van der Waals surface area (Å²) in [7, 11) is 0. The van der Waals surface area contributed by atoms with Crippen LogP contribution in [0.3, 0.4) is 0 Å². The number of hydrogen-bond donors (Lipinski definition) is 0. The molecule has 0 aromatic rings. The molecule has 0 bridgehead atoms. The first-order valence-electron chi connectivity index (χ1n) is 5.07. The van der Waals surface area contributed by atoms with Crippen molar-refractivity contribution in [2.24, 2.45) is 5.41 Å². The molecule has 14 heavy (non-hydrogen) atoms. The molecule has 0 spiro atoms. The Balaban J connectivity index is 3.65. The normalized spacial score (nSPS) is 11.1. The van der Waals surface area contributed by atoms with Crippen molar-refractivity contribution in [1.29, 1.82) is 0 Å². The van der Waals surface area contributed by atoms with E-state index in [0.717, 1.165) is 0 Å². The van der Waals surface area contributed by atoms with Gasteiger partial charge in [0.25, 0.3) is 0 Å². The first kappa shape index (κ1) is 13.1. The number of carbonyl (C=O) groups is 2. The highest BCUT2D eigenvalue weighted by Crippen LogP contribution is 2.18. The number of rotatable bonds is 5. The molecule has 0 fully saturated rings. The third-order valence-corrected chi connectivity index (χ3v) is 1.93. The lowest BCUT2D eigenvalue weighted by Gasteiger charge is -2.15. The van der Waals surface area contributed by atoms with Gasteiger partial charge in [0, 0.05) is 18.3 Å². The topological polar surface area (TPSA) is 43.4 Å². The van der Waals surface area contributed by atoms with Crippen molar-refractivity contribution in [2.75, 3.05) is 6.61 Å². The molecule has 0 saturated carbocycles. The van der Waals surface area contributed by atoms with Crippen LogP contribution in [0.25, 0.3) is 0 Å². The van der Waals surface area contributed by atoms with Crippen LogP contribution in [-0.2, 0) is 14.3 Å². The number of Topliss-reactive ketones (excluding diaryl/α,β-unsaturated/α-hetero) is 1. The van der Waals surface area contributed by atoms with Gasteiger partial charge in [-0.1, -0.05) is 20.8 Å². The van der Waals surface area contributed by atoms with Gasteiger partial charge in [0.1, 0.15) is 5.78 Å². The number of esters is 1. The Morgan fingerprint density at radius 2 is 1.71 bits per heavy atom. The molecule has 3 nitrogen and oxygen atoms in total. The van der Waals surface area contributed by atoms with Crippen LogP contribution < -0.4 is 0 Å². The predicted molar refractivity (Wildman–Crippen MR) is 54.9 cm³/mol. The van der Waals surface area contributed by atoms with Crippen LogP contribution in [0.4, 0.5) is 0 Å². The van der Waals surface area contributed by atoms with E-state index in [9.17, 15) is 9.59 Å². The summed E-state index contributed by atoms with van der Waals surface area (Å²) in [5.74, 6) is -0.0176. The van der Waals surface area contributed by atoms with E-state index in [1.165, 1.54) is 0 Å². The van der Waals surface area contributed by atoms with Gasteiger partial charge in [-0.25, -0.2) is 0 Å². The van der Waals surface area contributed by atoms with Crippen molar-refractivity contribution in [3.05, 3.63) is 0 Å². The molecule has 0 aliphatic carbocycles. The molecule has 0 aliphatic rings. The van der Waals surface area contributed by atoms with E-state index >= 15 is 0 Å². The van der Waals surface area contributed by atoms with Crippen LogP contribution in [0.5, 0.6) is 0 Å². The minimum Gasteiger partial charge on any atom is -0.466 e. The average molecular weight is 200 g/mol. The van der Waals surface area contributed by atoms with Crippen LogP contribution in [-0.4, -0.2) is 18.4 Å². The highest BCUT2D eigenvalue weighted by atomic mass is 16.5. The molecular formula is C11H20O3. The molecule has 0 unspecified atom stereocenters. The number of ketones is 1. The zero-order valence-corrected chi connectivity index (χ0v) is 9.55. The van der Waals surface area contributed by atoms with Crippen molar-refractivity contribution in [3.8, 4) is 0 Å². The first-order valence-corrected chi connectivity index (χ1v) is 5.07. The Kier molecular flexibility index (Phi) is 5.43. The summed E-state index contributed by atoms with van der Waals surface area (Å²) in [5, 5.41) is 0. The molecule has 0 heterocycles. The maximum atomic E-state index is 11.5. The molecule has 0 aromatic heterocycles. The number of carbonyl (C=O) groups excluding carboxylic acids is 2. The molecule has 0 aromatic carbocycles. The van der Waals surface area contributed by atoms with Gasteiger partial charge in [-0.2, -0.15) is 0 Å². The fourth-order valence-corrected chi connectivity index (χ4v) is 1.00. The van der Waals surface area contributed by atoms with Crippen molar-refractivity contribution < 1.29 is 14.3 Å². The first-order chi connectivity index (χ1) is 6.38. The standard InChI is InChI=1S/C11H20O3/c1-5-14-10(13)8-6-7-9(12)11(2,3)4/h5-8H2,1-4H3. The molecule has 0 aliphatic heterocycles. The Hall–Kier alpha value is -0.860. The summed E-state index contributed by atoms with van der Waals surface area (Å²) in [6.07, 6.45) is 1.40. The molecule has 0 rings (SSSR count). The molecule has 3 heteroatoms. The van der Waals surface area contributed by atoms with Crippen LogP contribution in [0.2, 0.25) is 0 Å². The van der Waals surface area contributed by atoms with Crippen molar-refractivity contribution in [3.63, 3.8) is 0 Å². The number of hydrogen-bond acceptors (Lipinski definition) is 3. The minimum absolute atomic E-state index is 0.196. The second kappa shape index (κ2) is 5.78. The van der Waals surface area contributed by atoms with Gasteiger partial charge in [0.15, 0.2) is 0 Å². The van der Waals surface area contributed by atoms with Gasteiger partial charge in [-0.3, -0.25) is 9.59 Å². The monoisotopic (exact) mass is 200 g/mol. The maximum Gasteiger partial charge on any atom is 0.305 e. The van der Waals surface area contributed by atoms with E-state index in [2.05, 4.69) is 0 Å². The second-order valence-electron chi connectivity index (χ2n) is 4.33. The van der Waals surface area contributed by atoms with Gasteiger partial charge in [0.05, 0.1) is 6.61 Å². The summed E-state index contributed by atoms with van der Waals surface area (Å²) in [5.41, 5.74) is -0.297. The van der Waals surface area contributed by atoms with E-state index < -0.39 is 0 Å². The van der Waals surface area contributed by atoms with Crippen LogP contribution >= 0.6 is 0 Å². The lowest BCUT2D eigenvalue weighted by atomic mass is 9.88. The van der Waals surface area contributed by atoms with Gasteiger partial charge in [-0.15, -0.1) is 0 Å². The summed E-state index contributed by atoms with van der Waals surface area (Å²) in [6, 6.07) is 0. The maximum absolute atomic E-state index is 11.5. The van der Waals surface area contributed by atoms with Gasteiger partial charge < -0.3 is 4.74 Å². The molecule has 0 N–H and O–H groups in total. The lowest BCUT2D eigenvalue weighted by Crippen LogP contribution is -2.20. The van der Waals surface area contributed by atoms with E-state index in [-0.39, 0.29) is 17.2 Å². The van der Waals surface area contributed by atoms with E-state index in [1.54, 1.807) is 6.92 Å². The Morgan fingerprint density at radius 1 is 1.14 bits per heavy atom. The van der Waals surface area contributed by atoms with E-state index in [4.69, 9.17) is 4.74 Å². The summed E-state index contributed by atoms with van der Waals surface area (Å²) < 4.78 is 4.76. The highest BCUT2D eigenvalue weighted by molar-refractivity contribution is 5.84. The third kappa shape index (κ3) is 5.73. The highest BCUT2D eigenvalue weighted by Gasteiger charge is 2.20. The van der Waals surface area contributed by atoms with Crippen LogP contribution in [0, 0.1) is 5.41 Å². The van der Waals surface area contributed by atoms with Gasteiger partial charge in [-0.05, 0) is 13.3 Å². The SMILES string of the molecule is CCOC(=O)CCCC(=O)C(C)(C)C.